The molecule has 1 amide bonds. The van der Waals surface area contributed by atoms with E-state index in [4.69, 9.17) is 0 Å². The van der Waals surface area contributed by atoms with Crippen LogP contribution in [0.5, 0.6) is 0 Å². The van der Waals surface area contributed by atoms with Crippen molar-refractivity contribution in [2.45, 2.75) is 19.6 Å². The number of hydrogen-bond donors (Lipinski definition) is 1. The number of hydrogen-bond acceptors (Lipinski definition) is 2. The fraction of sp³-hybridized carbons (Fsp3) is 0.143. The number of ketones is 1. The molecule has 0 spiro atoms. The Balaban J connectivity index is 1.79. The molecular weight excluding hydrogens is 369 g/mol. The minimum atomic E-state index is -4.64. The third-order valence-electron chi connectivity index (χ3n) is 4.22. The Labute approximate surface area is 159 Å². The Hall–Kier alpha value is -3.35. The van der Waals surface area contributed by atoms with Crippen molar-refractivity contribution >= 4 is 17.4 Å². The van der Waals surface area contributed by atoms with Gasteiger partial charge >= 0.3 is 6.18 Å². The van der Waals surface area contributed by atoms with Gasteiger partial charge in [0.05, 0.1) is 16.9 Å². The Morgan fingerprint density at radius 2 is 1.64 bits per heavy atom. The van der Waals surface area contributed by atoms with E-state index in [0.717, 1.165) is 23.3 Å². The van der Waals surface area contributed by atoms with E-state index in [1.165, 1.54) is 18.2 Å². The molecule has 0 aliphatic heterocycles. The highest BCUT2D eigenvalue weighted by Gasteiger charge is 2.34. The standard InChI is InChI=1S/C21H17F3N2O2/c1-14-8-10-15(11-9-14)13-26-12-4-7-18(26)19(27)20(28)25-17-6-3-2-5-16(17)21(22,23)24/h2-12H,13H2,1H3,(H,25,28). The van der Waals surface area contributed by atoms with Crippen LogP contribution in [0.25, 0.3) is 0 Å². The summed E-state index contributed by atoms with van der Waals surface area (Å²) >= 11 is 0. The molecule has 0 unspecified atom stereocenters. The number of para-hydroxylation sites is 1. The summed E-state index contributed by atoms with van der Waals surface area (Å²) in [5, 5.41) is 2.08. The summed E-state index contributed by atoms with van der Waals surface area (Å²) in [7, 11) is 0. The lowest BCUT2D eigenvalue weighted by molar-refractivity contribution is -0.137. The number of nitrogens with zero attached hydrogens (tertiary/aromatic N) is 1. The van der Waals surface area contributed by atoms with Crippen LogP contribution in [0.4, 0.5) is 18.9 Å². The van der Waals surface area contributed by atoms with Crippen LogP contribution in [0, 0.1) is 6.92 Å². The summed E-state index contributed by atoms with van der Waals surface area (Å²) in [5.41, 5.74) is 0.660. The predicted octanol–water partition coefficient (Wildman–Crippen LogP) is 4.69. The van der Waals surface area contributed by atoms with Gasteiger partial charge in [-0.05, 0) is 36.8 Å². The molecule has 0 saturated carbocycles. The van der Waals surface area contributed by atoms with E-state index in [9.17, 15) is 22.8 Å². The van der Waals surface area contributed by atoms with Gasteiger partial charge in [0.25, 0.3) is 11.7 Å². The van der Waals surface area contributed by atoms with Crippen molar-refractivity contribution in [1.29, 1.82) is 0 Å². The maximum atomic E-state index is 13.1. The van der Waals surface area contributed by atoms with E-state index in [1.54, 1.807) is 16.8 Å². The summed E-state index contributed by atoms with van der Waals surface area (Å²) in [6, 6.07) is 15.3. The molecule has 3 rings (SSSR count). The summed E-state index contributed by atoms with van der Waals surface area (Å²) in [6.45, 7) is 2.32. The number of aryl methyl sites for hydroxylation is 1. The molecule has 0 aliphatic carbocycles. The minimum absolute atomic E-state index is 0.0996. The SMILES string of the molecule is Cc1ccc(Cn2cccc2C(=O)C(=O)Nc2ccccc2C(F)(F)F)cc1. The maximum Gasteiger partial charge on any atom is 0.418 e. The van der Waals surface area contributed by atoms with E-state index >= 15 is 0 Å². The van der Waals surface area contributed by atoms with E-state index in [-0.39, 0.29) is 5.69 Å². The van der Waals surface area contributed by atoms with Crippen LogP contribution in [-0.2, 0) is 17.5 Å². The number of alkyl halides is 3. The number of aromatic nitrogens is 1. The van der Waals surface area contributed by atoms with Crippen LogP contribution < -0.4 is 5.32 Å². The fourth-order valence-electron chi connectivity index (χ4n) is 2.78. The second-order valence-corrected chi connectivity index (χ2v) is 6.33. The second-order valence-electron chi connectivity index (χ2n) is 6.33. The number of amides is 1. The summed E-state index contributed by atoms with van der Waals surface area (Å²) in [6.07, 6.45) is -3.00. The first-order valence-corrected chi connectivity index (χ1v) is 8.48. The number of rotatable bonds is 5. The molecular formula is C21H17F3N2O2. The highest BCUT2D eigenvalue weighted by Crippen LogP contribution is 2.34. The molecule has 1 N–H and O–H groups in total. The predicted molar refractivity (Wildman–Crippen MR) is 99.1 cm³/mol. The van der Waals surface area contributed by atoms with Gasteiger partial charge in [0, 0.05) is 12.7 Å². The number of benzene rings is 2. The Kier molecular flexibility index (Phi) is 5.35. The molecule has 7 heteroatoms. The van der Waals surface area contributed by atoms with Crippen molar-refractivity contribution in [2.24, 2.45) is 0 Å². The highest BCUT2D eigenvalue weighted by atomic mass is 19.4. The van der Waals surface area contributed by atoms with E-state index in [1.807, 2.05) is 31.2 Å². The zero-order chi connectivity index (χ0) is 20.3. The van der Waals surface area contributed by atoms with Crippen molar-refractivity contribution in [1.82, 2.24) is 4.57 Å². The van der Waals surface area contributed by atoms with Gasteiger partial charge in [-0.3, -0.25) is 9.59 Å². The number of Topliss-reactive ketones (excluding diaryl/α,β-unsaturated/α-hetero) is 1. The molecule has 28 heavy (non-hydrogen) atoms. The van der Waals surface area contributed by atoms with Crippen molar-refractivity contribution in [2.75, 3.05) is 5.32 Å². The zero-order valence-electron chi connectivity index (χ0n) is 15.0. The largest absolute Gasteiger partial charge is 0.418 e. The first-order valence-electron chi connectivity index (χ1n) is 8.48. The normalized spacial score (nSPS) is 11.3. The number of nitrogens with one attached hydrogen (secondary N) is 1. The molecule has 1 heterocycles. The lowest BCUT2D eigenvalue weighted by Gasteiger charge is -2.13. The van der Waals surface area contributed by atoms with Gasteiger partial charge in [-0.25, -0.2) is 0 Å². The van der Waals surface area contributed by atoms with Crippen molar-refractivity contribution in [3.8, 4) is 0 Å². The van der Waals surface area contributed by atoms with Crippen LogP contribution in [0.3, 0.4) is 0 Å². The van der Waals surface area contributed by atoms with Crippen LogP contribution in [-0.4, -0.2) is 16.3 Å². The first-order chi connectivity index (χ1) is 13.3. The average molecular weight is 386 g/mol. The van der Waals surface area contributed by atoms with Crippen LogP contribution in [0.2, 0.25) is 0 Å². The summed E-state index contributed by atoms with van der Waals surface area (Å²) in [4.78, 5) is 24.8. The number of carbonyl (C=O) groups is 2. The molecule has 0 radical (unpaired) electrons. The molecule has 0 fully saturated rings. The van der Waals surface area contributed by atoms with Crippen LogP contribution in [0.1, 0.15) is 27.2 Å². The van der Waals surface area contributed by atoms with Crippen molar-refractivity contribution in [3.05, 3.63) is 89.2 Å². The van der Waals surface area contributed by atoms with Gasteiger partial charge in [0.1, 0.15) is 0 Å². The molecule has 0 saturated heterocycles. The Morgan fingerprint density at radius 3 is 2.32 bits per heavy atom. The van der Waals surface area contributed by atoms with Crippen molar-refractivity contribution < 1.29 is 22.8 Å². The summed E-state index contributed by atoms with van der Waals surface area (Å²) in [5.74, 6) is -2.03. The molecule has 3 aromatic rings. The van der Waals surface area contributed by atoms with E-state index in [2.05, 4.69) is 5.32 Å². The second kappa shape index (κ2) is 7.72. The fourth-order valence-corrected chi connectivity index (χ4v) is 2.78. The zero-order valence-corrected chi connectivity index (χ0v) is 15.0. The summed E-state index contributed by atoms with van der Waals surface area (Å²) < 4.78 is 40.8. The number of anilines is 1. The monoisotopic (exact) mass is 386 g/mol. The maximum absolute atomic E-state index is 13.1. The highest BCUT2D eigenvalue weighted by molar-refractivity contribution is 6.46. The van der Waals surface area contributed by atoms with Crippen molar-refractivity contribution in [3.63, 3.8) is 0 Å². The third kappa shape index (κ3) is 4.31. The van der Waals surface area contributed by atoms with E-state index < -0.39 is 29.1 Å². The van der Waals surface area contributed by atoms with Gasteiger partial charge in [0.2, 0.25) is 0 Å². The average Bonchev–Trinajstić information content (AvgIpc) is 3.10. The smallest absolute Gasteiger partial charge is 0.340 e. The minimum Gasteiger partial charge on any atom is -0.340 e. The quantitative estimate of drug-likeness (QED) is 0.511. The Morgan fingerprint density at radius 1 is 0.964 bits per heavy atom. The van der Waals surface area contributed by atoms with Gasteiger partial charge in [-0.2, -0.15) is 13.2 Å². The molecule has 0 atom stereocenters. The lowest BCUT2D eigenvalue weighted by Crippen LogP contribution is -2.26. The lowest BCUT2D eigenvalue weighted by atomic mass is 10.1. The number of halogens is 3. The molecule has 4 nitrogen and oxygen atoms in total. The molecule has 0 bridgehead atoms. The van der Waals surface area contributed by atoms with Gasteiger partial charge in [-0.1, -0.05) is 42.0 Å². The van der Waals surface area contributed by atoms with Crippen LogP contribution >= 0.6 is 0 Å². The Bertz CT molecular complexity index is 1000. The third-order valence-corrected chi connectivity index (χ3v) is 4.22. The van der Waals surface area contributed by atoms with E-state index in [0.29, 0.717) is 6.54 Å². The van der Waals surface area contributed by atoms with Gasteiger partial charge < -0.3 is 9.88 Å². The van der Waals surface area contributed by atoms with Crippen LogP contribution in [0.15, 0.2) is 66.9 Å². The van der Waals surface area contributed by atoms with Gasteiger partial charge in [-0.15, -0.1) is 0 Å². The molecule has 144 valence electrons. The molecule has 0 aliphatic rings. The first kappa shape index (κ1) is 19.4. The molecule has 2 aromatic carbocycles. The van der Waals surface area contributed by atoms with Gasteiger partial charge in [0.15, 0.2) is 0 Å². The number of carbonyl (C=O) groups excluding carboxylic acids is 2. The topological polar surface area (TPSA) is 51.1 Å². The molecule has 1 aromatic heterocycles.